The molecule has 108 valence electrons. The Bertz CT molecular complexity index is 663. The lowest BCUT2D eigenvalue weighted by Gasteiger charge is -2.07. The minimum atomic E-state index is -0.0458. The average molecular weight is 346 g/mol. The smallest absolute Gasteiger partial charge is 0.187 e. The topological polar surface area (TPSA) is 38.3 Å². The number of carbonyl (C=O) groups excluding carboxylic acids is 1. The van der Waals surface area contributed by atoms with Crippen LogP contribution in [0.4, 0.5) is 5.69 Å². The third kappa shape index (κ3) is 4.20. The third-order valence-electron chi connectivity index (χ3n) is 3.05. The molecule has 0 aliphatic carbocycles. The number of benzene rings is 2. The van der Waals surface area contributed by atoms with E-state index in [-0.39, 0.29) is 5.78 Å². The van der Waals surface area contributed by atoms with Gasteiger partial charge in [-0.2, -0.15) is 0 Å². The van der Waals surface area contributed by atoms with Crippen molar-refractivity contribution >= 4 is 27.4 Å². The van der Waals surface area contributed by atoms with Crippen LogP contribution in [-0.2, 0) is 0 Å². The maximum atomic E-state index is 12.0. The van der Waals surface area contributed by atoms with Crippen molar-refractivity contribution < 1.29 is 9.53 Å². The zero-order valence-corrected chi connectivity index (χ0v) is 13.5. The summed E-state index contributed by atoms with van der Waals surface area (Å²) in [5.41, 5.74) is 2.64. The maximum absolute atomic E-state index is 12.0. The fourth-order valence-electron chi connectivity index (χ4n) is 1.80. The summed E-state index contributed by atoms with van der Waals surface area (Å²) >= 11 is 3.35. The summed E-state index contributed by atoms with van der Waals surface area (Å²) < 4.78 is 6.13. The predicted octanol–water partition coefficient (Wildman–Crippen LogP) is 4.57. The number of hydrogen-bond acceptors (Lipinski definition) is 3. The molecule has 0 aliphatic heterocycles. The van der Waals surface area contributed by atoms with Gasteiger partial charge in [0, 0.05) is 34.1 Å². The van der Waals surface area contributed by atoms with Gasteiger partial charge in [-0.1, -0.05) is 22.0 Å². The van der Waals surface area contributed by atoms with Crippen molar-refractivity contribution in [2.24, 2.45) is 0 Å². The van der Waals surface area contributed by atoms with Crippen LogP contribution >= 0.6 is 15.9 Å². The Balaban J connectivity index is 2.05. The molecule has 0 radical (unpaired) electrons. The zero-order valence-electron chi connectivity index (χ0n) is 11.9. The molecule has 0 atom stereocenters. The Morgan fingerprint density at radius 2 is 1.90 bits per heavy atom. The number of nitrogens with one attached hydrogen (secondary N) is 1. The zero-order chi connectivity index (χ0) is 15.2. The summed E-state index contributed by atoms with van der Waals surface area (Å²) in [7, 11) is 1.63. The standard InChI is InChI=1S/C17H16BrNO2/c1-12-3-8-15(21-2)11-16(12)19-10-9-17(20)13-4-6-14(18)7-5-13/h3-11,19H,1-2H3/b10-9+. The van der Waals surface area contributed by atoms with Crippen molar-refractivity contribution in [3.8, 4) is 5.75 Å². The lowest BCUT2D eigenvalue weighted by molar-refractivity contribution is 0.104. The van der Waals surface area contributed by atoms with Crippen LogP contribution in [0.3, 0.4) is 0 Å². The van der Waals surface area contributed by atoms with Crippen LogP contribution in [0, 0.1) is 6.92 Å². The second-order valence-electron chi connectivity index (χ2n) is 4.53. The first-order valence-electron chi connectivity index (χ1n) is 6.48. The Labute approximate surface area is 132 Å². The third-order valence-corrected chi connectivity index (χ3v) is 3.58. The van der Waals surface area contributed by atoms with Gasteiger partial charge >= 0.3 is 0 Å². The molecule has 0 aliphatic rings. The molecular weight excluding hydrogens is 330 g/mol. The van der Waals surface area contributed by atoms with Gasteiger partial charge in [0.1, 0.15) is 5.75 Å². The number of rotatable bonds is 5. The molecule has 0 heterocycles. The predicted molar refractivity (Wildman–Crippen MR) is 89.0 cm³/mol. The molecular formula is C17H16BrNO2. The normalized spacial score (nSPS) is 10.6. The molecule has 0 spiro atoms. The van der Waals surface area contributed by atoms with E-state index in [0.29, 0.717) is 5.56 Å². The van der Waals surface area contributed by atoms with Crippen molar-refractivity contribution in [3.05, 3.63) is 70.3 Å². The first-order valence-corrected chi connectivity index (χ1v) is 7.27. The van der Waals surface area contributed by atoms with E-state index in [1.807, 2.05) is 37.3 Å². The summed E-state index contributed by atoms with van der Waals surface area (Å²) in [6.45, 7) is 1.99. The number of anilines is 1. The van der Waals surface area contributed by atoms with Crippen LogP contribution in [0.1, 0.15) is 15.9 Å². The van der Waals surface area contributed by atoms with Crippen molar-refractivity contribution in [1.82, 2.24) is 0 Å². The Kier molecular flexibility index (Phi) is 5.17. The SMILES string of the molecule is COc1ccc(C)c(N/C=C/C(=O)c2ccc(Br)cc2)c1. The van der Waals surface area contributed by atoms with E-state index in [2.05, 4.69) is 21.2 Å². The summed E-state index contributed by atoms with van der Waals surface area (Å²) in [5.74, 6) is 0.728. The highest BCUT2D eigenvalue weighted by Gasteiger charge is 2.02. The molecule has 0 amide bonds. The number of aryl methyl sites for hydroxylation is 1. The number of hydrogen-bond donors (Lipinski definition) is 1. The maximum Gasteiger partial charge on any atom is 0.187 e. The van der Waals surface area contributed by atoms with Gasteiger partial charge in [0.15, 0.2) is 5.78 Å². The highest BCUT2D eigenvalue weighted by Crippen LogP contribution is 2.21. The van der Waals surface area contributed by atoms with Gasteiger partial charge in [0.2, 0.25) is 0 Å². The number of halogens is 1. The van der Waals surface area contributed by atoms with E-state index in [1.165, 1.54) is 6.08 Å². The Hall–Kier alpha value is -2.07. The van der Waals surface area contributed by atoms with E-state index in [4.69, 9.17) is 4.74 Å². The molecule has 2 aromatic carbocycles. The van der Waals surface area contributed by atoms with Crippen molar-refractivity contribution in [1.29, 1.82) is 0 Å². The summed E-state index contributed by atoms with van der Waals surface area (Å²) in [4.78, 5) is 12.0. The molecule has 0 aromatic heterocycles. The summed E-state index contributed by atoms with van der Waals surface area (Å²) in [6, 6.07) is 13.0. The van der Waals surface area contributed by atoms with Gasteiger partial charge in [0.25, 0.3) is 0 Å². The minimum absolute atomic E-state index is 0.0458. The molecule has 0 unspecified atom stereocenters. The van der Waals surface area contributed by atoms with Crippen LogP contribution in [0.5, 0.6) is 5.75 Å². The monoisotopic (exact) mass is 345 g/mol. The highest BCUT2D eigenvalue weighted by atomic mass is 79.9. The van der Waals surface area contributed by atoms with Gasteiger partial charge < -0.3 is 10.1 Å². The number of methoxy groups -OCH3 is 1. The van der Waals surface area contributed by atoms with Crippen molar-refractivity contribution in [3.63, 3.8) is 0 Å². The second-order valence-corrected chi connectivity index (χ2v) is 5.45. The molecule has 0 fully saturated rings. The molecule has 0 saturated carbocycles. The molecule has 3 nitrogen and oxygen atoms in total. The van der Waals surface area contributed by atoms with Crippen molar-refractivity contribution in [2.75, 3.05) is 12.4 Å². The molecule has 21 heavy (non-hydrogen) atoms. The molecule has 1 N–H and O–H groups in total. The highest BCUT2D eigenvalue weighted by molar-refractivity contribution is 9.10. The van der Waals surface area contributed by atoms with Crippen LogP contribution in [0.15, 0.2) is 59.2 Å². The fourth-order valence-corrected chi connectivity index (χ4v) is 2.07. The van der Waals surface area contributed by atoms with E-state index < -0.39 is 0 Å². The van der Waals surface area contributed by atoms with Crippen LogP contribution in [-0.4, -0.2) is 12.9 Å². The van der Waals surface area contributed by atoms with Gasteiger partial charge in [-0.05, 0) is 42.8 Å². The Morgan fingerprint density at radius 1 is 1.19 bits per heavy atom. The van der Waals surface area contributed by atoms with Crippen LogP contribution in [0.25, 0.3) is 0 Å². The molecule has 4 heteroatoms. The first-order chi connectivity index (χ1) is 10.1. The number of allylic oxidation sites excluding steroid dienone is 1. The number of ether oxygens (including phenoxy) is 1. The van der Waals surface area contributed by atoms with Gasteiger partial charge in [-0.3, -0.25) is 4.79 Å². The largest absolute Gasteiger partial charge is 0.497 e. The number of ketones is 1. The van der Waals surface area contributed by atoms with E-state index >= 15 is 0 Å². The molecule has 0 saturated heterocycles. The summed E-state index contributed by atoms with van der Waals surface area (Å²) in [6.07, 6.45) is 3.16. The quantitative estimate of drug-likeness (QED) is 0.636. The molecule has 2 rings (SSSR count). The van der Waals surface area contributed by atoms with Gasteiger partial charge in [-0.25, -0.2) is 0 Å². The van der Waals surface area contributed by atoms with E-state index in [1.54, 1.807) is 25.4 Å². The summed E-state index contributed by atoms with van der Waals surface area (Å²) in [5, 5.41) is 3.11. The van der Waals surface area contributed by atoms with Crippen LogP contribution in [0.2, 0.25) is 0 Å². The minimum Gasteiger partial charge on any atom is -0.497 e. The lowest BCUT2D eigenvalue weighted by Crippen LogP contribution is -1.97. The molecule has 0 bridgehead atoms. The van der Waals surface area contributed by atoms with E-state index in [0.717, 1.165) is 21.5 Å². The lowest BCUT2D eigenvalue weighted by atomic mass is 10.1. The van der Waals surface area contributed by atoms with Crippen molar-refractivity contribution in [2.45, 2.75) is 6.92 Å². The van der Waals surface area contributed by atoms with E-state index in [9.17, 15) is 4.79 Å². The molecule has 2 aromatic rings. The fraction of sp³-hybridized carbons (Fsp3) is 0.118. The first kappa shape index (κ1) is 15.3. The number of carbonyl (C=O) groups is 1. The van der Waals surface area contributed by atoms with Gasteiger partial charge in [-0.15, -0.1) is 0 Å². The Morgan fingerprint density at radius 3 is 2.57 bits per heavy atom. The second kappa shape index (κ2) is 7.09. The average Bonchev–Trinajstić information content (AvgIpc) is 2.49. The van der Waals surface area contributed by atoms with Gasteiger partial charge in [0.05, 0.1) is 7.11 Å². The van der Waals surface area contributed by atoms with Crippen LogP contribution < -0.4 is 10.1 Å².